The average molecular weight is 332 g/mol. The summed E-state index contributed by atoms with van der Waals surface area (Å²) in [5, 5.41) is 2.85. The maximum absolute atomic E-state index is 12.3. The molecule has 1 atom stereocenters. The summed E-state index contributed by atoms with van der Waals surface area (Å²) in [7, 11) is -3.44. The number of rotatable bonds is 6. The van der Waals surface area contributed by atoms with Crippen molar-refractivity contribution in [2.45, 2.75) is 12.8 Å². The summed E-state index contributed by atoms with van der Waals surface area (Å²) in [5.74, 6) is -0.144. The van der Waals surface area contributed by atoms with Crippen LogP contribution in [0.2, 0.25) is 0 Å². The predicted octanol–water partition coefficient (Wildman–Crippen LogP) is 2.59. The molecule has 2 aromatic rings. The van der Waals surface area contributed by atoms with Gasteiger partial charge in [0.05, 0.1) is 17.5 Å². The predicted molar refractivity (Wildman–Crippen MR) is 92.1 cm³/mol. The Bertz CT molecular complexity index is 773. The Morgan fingerprint density at radius 1 is 1.04 bits per heavy atom. The van der Waals surface area contributed by atoms with Gasteiger partial charge in [0.1, 0.15) is 0 Å². The quantitative estimate of drug-likeness (QED) is 0.854. The molecule has 0 fully saturated rings. The zero-order valence-electron chi connectivity index (χ0n) is 13.1. The largest absolute Gasteiger partial charge is 0.351 e. The second-order valence-electron chi connectivity index (χ2n) is 5.44. The summed E-state index contributed by atoms with van der Waals surface area (Å²) in [6.07, 6.45) is 1.05. The molecule has 0 unspecified atom stereocenters. The van der Waals surface area contributed by atoms with E-state index in [9.17, 15) is 13.2 Å². The van der Waals surface area contributed by atoms with Crippen LogP contribution >= 0.6 is 0 Å². The van der Waals surface area contributed by atoms with Crippen LogP contribution in [0.25, 0.3) is 0 Å². The first-order valence-electron chi connectivity index (χ1n) is 7.27. The fraction of sp³-hybridized carbons (Fsp3) is 0.235. The van der Waals surface area contributed by atoms with E-state index < -0.39 is 10.0 Å². The van der Waals surface area contributed by atoms with Crippen LogP contribution in [0, 0.1) is 0 Å². The van der Waals surface area contributed by atoms with Crippen molar-refractivity contribution < 1.29 is 13.2 Å². The van der Waals surface area contributed by atoms with Gasteiger partial charge in [0, 0.05) is 6.54 Å². The lowest BCUT2D eigenvalue weighted by Gasteiger charge is -2.15. The van der Waals surface area contributed by atoms with E-state index in [1.54, 1.807) is 24.3 Å². The van der Waals surface area contributed by atoms with Crippen LogP contribution in [0.5, 0.6) is 0 Å². The Morgan fingerprint density at radius 2 is 1.65 bits per heavy atom. The Labute approximate surface area is 136 Å². The van der Waals surface area contributed by atoms with E-state index in [0.29, 0.717) is 12.1 Å². The maximum Gasteiger partial charge on any atom is 0.253 e. The Hall–Kier alpha value is -2.34. The van der Waals surface area contributed by atoms with Crippen molar-refractivity contribution in [3.63, 3.8) is 0 Å². The average Bonchev–Trinajstić information content (AvgIpc) is 2.52. The van der Waals surface area contributed by atoms with E-state index in [0.717, 1.165) is 11.8 Å². The smallest absolute Gasteiger partial charge is 0.253 e. The molecule has 2 aromatic carbocycles. The molecule has 0 saturated carbocycles. The molecule has 2 N–H and O–H groups in total. The fourth-order valence-electron chi connectivity index (χ4n) is 2.21. The topological polar surface area (TPSA) is 75.3 Å². The number of carbonyl (C=O) groups is 1. The Balaban J connectivity index is 2.07. The lowest BCUT2D eigenvalue weighted by molar-refractivity contribution is 0.0952. The zero-order chi connectivity index (χ0) is 16.9. The zero-order valence-corrected chi connectivity index (χ0v) is 13.9. The van der Waals surface area contributed by atoms with E-state index in [1.165, 1.54) is 0 Å². The summed E-state index contributed by atoms with van der Waals surface area (Å²) in [4.78, 5) is 12.3. The second kappa shape index (κ2) is 7.28. The van der Waals surface area contributed by atoms with E-state index in [2.05, 4.69) is 10.0 Å². The van der Waals surface area contributed by atoms with Crippen molar-refractivity contribution >= 4 is 21.6 Å². The molecule has 0 aliphatic carbocycles. The van der Waals surface area contributed by atoms with E-state index in [1.807, 2.05) is 37.3 Å². The highest BCUT2D eigenvalue weighted by Gasteiger charge is 2.14. The molecule has 0 saturated heterocycles. The lowest BCUT2D eigenvalue weighted by atomic mass is 10.0. The van der Waals surface area contributed by atoms with Crippen LogP contribution in [-0.4, -0.2) is 27.1 Å². The number of nitrogens with one attached hydrogen (secondary N) is 2. The summed E-state index contributed by atoms with van der Waals surface area (Å²) in [6, 6.07) is 16.4. The van der Waals surface area contributed by atoms with Crippen molar-refractivity contribution in [3.8, 4) is 0 Å². The monoisotopic (exact) mass is 332 g/mol. The second-order valence-corrected chi connectivity index (χ2v) is 7.19. The van der Waals surface area contributed by atoms with Gasteiger partial charge in [0.15, 0.2) is 0 Å². The first kappa shape index (κ1) is 17.0. The number of hydrogen-bond acceptors (Lipinski definition) is 3. The lowest BCUT2D eigenvalue weighted by Crippen LogP contribution is -2.28. The molecule has 5 nitrogen and oxygen atoms in total. The van der Waals surface area contributed by atoms with Gasteiger partial charge in [-0.2, -0.15) is 0 Å². The molecule has 23 heavy (non-hydrogen) atoms. The Kier molecular flexibility index (Phi) is 5.39. The van der Waals surface area contributed by atoms with Gasteiger partial charge in [-0.1, -0.05) is 49.4 Å². The summed E-state index contributed by atoms with van der Waals surface area (Å²) < 4.78 is 25.1. The standard InChI is InChI=1S/C17H20N2O3S/c1-13(14-8-4-3-5-9-14)12-18-17(20)15-10-6-7-11-16(15)19-23(2,21)22/h3-11,13,19H,12H2,1-2H3,(H,18,20)/t13-/m0/s1. The summed E-state index contributed by atoms with van der Waals surface area (Å²) in [5.41, 5.74) is 1.72. The minimum absolute atomic E-state index is 0.162. The van der Waals surface area contributed by atoms with Crippen LogP contribution in [-0.2, 0) is 10.0 Å². The first-order valence-corrected chi connectivity index (χ1v) is 9.16. The minimum atomic E-state index is -3.44. The summed E-state index contributed by atoms with van der Waals surface area (Å²) >= 11 is 0. The minimum Gasteiger partial charge on any atom is -0.351 e. The fourth-order valence-corrected chi connectivity index (χ4v) is 2.79. The molecular formula is C17H20N2O3S. The number of amides is 1. The molecule has 0 radical (unpaired) electrons. The van der Waals surface area contributed by atoms with E-state index in [-0.39, 0.29) is 17.5 Å². The van der Waals surface area contributed by atoms with Gasteiger partial charge in [-0.25, -0.2) is 8.42 Å². The highest BCUT2D eigenvalue weighted by Crippen LogP contribution is 2.17. The van der Waals surface area contributed by atoms with Crippen LogP contribution in [0.1, 0.15) is 28.8 Å². The number of benzene rings is 2. The molecule has 0 heterocycles. The van der Waals surface area contributed by atoms with Gasteiger partial charge in [0.25, 0.3) is 5.91 Å². The number of sulfonamides is 1. The molecule has 1 amide bonds. The number of hydrogen-bond donors (Lipinski definition) is 2. The van der Waals surface area contributed by atoms with Crippen molar-refractivity contribution in [2.75, 3.05) is 17.5 Å². The van der Waals surface area contributed by atoms with Gasteiger partial charge in [-0.3, -0.25) is 9.52 Å². The SMILES string of the molecule is C[C@@H](CNC(=O)c1ccccc1NS(C)(=O)=O)c1ccccc1. The van der Waals surface area contributed by atoms with E-state index >= 15 is 0 Å². The van der Waals surface area contributed by atoms with Crippen molar-refractivity contribution in [2.24, 2.45) is 0 Å². The third kappa shape index (κ3) is 5.10. The van der Waals surface area contributed by atoms with Crippen LogP contribution in [0.15, 0.2) is 54.6 Å². The molecule has 0 aliphatic heterocycles. The van der Waals surface area contributed by atoms with Crippen molar-refractivity contribution in [1.82, 2.24) is 5.32 Å². The van der Waals surface area contributed by atoms with Crippen molar-refractivity contribution in [3.05, 3.63) is 65.7 Å². The van der Waals surface area contributed by atoms with Gasteiger partial charge < -0.3 is 5.32 Å². The summed E-state index contributed by atoms with van der Waals surface area (Å²) in [6.45, 7) is 2.49. The maximum atomic E-state index is 12.3. The van der Waals surface area contributed by atoms with Crippen LogP contribution in [0.3, 0.4) is 0 Å². The van der Waals surface area contributed by atoms with Gasteiger partial charge >= 0.3 is 0 Å². The van der Waals surface area contributed by atoms with Gasteiger partial charge in [-0.05, 0) is 23.6 Å². The molecule has 2 rings (SSSR count). The molecular weight excluding hydrogens is 312 g/mol. The molecule has 0 aromatic heterocycles. The first-order chi connectivity index (χ1) is 10.9. The normalized spacial score (nSPS) is 12.4. The number of carbonyl (C=O) groups excluding carboxylic acids is 1. The van der Waals surface area contributed by atoms with E-state index in [4.69, 9.17) is 0 Å². The molecule has 0 bridgehead atoms. The van der Waals surface area contributed by atoms with Crippen LogP contribution < -0.4 is 10.0 Å². The van der Waals surface area contributed by atoms with Crippen LogP contribution in [0.4, 0.5) is 5.69 Å². The van der Waals surface area contributed by atoms with Gasteiger partial charge in [-0.15, -0.1) is 0 Å². The van der Waals surface area contributed by atoms with Crippen molar-refractivity contribution in [1.29, 1.82) is 0 Å². The molecule has 6 heteroatoms. The molecule has 0 spiro atoms. The highest BCUT2D eigenvalue weighted by atomic mass is 32.2. The molecule has 0 aliphatic rings. The van der Waals surface area contributed by atoms with Gasteiger partial charge in [0.2, 0.25) is 10.0 Å². The Morgan fingerprint density at radius 3 is 2.30 bits per heavy atom. The number of para-hydroxylation sites is 1. The molecule has 122 valence electrons. The highest BCUT2D eigenvalue weighted by molar-refractivity contribution is 7.92. The third-order valence-corrected chi connectivity index (χ3v) is 4.00. The number of anilines is 1. The third-order valence-electron chi connectivity index (χ3n) is 3.40.